The lowest BCUT2D eigenvalue weighted by Gasteiger charge is -2.19. The van der Waals surface area contributed by atoms with Crippen molar-refractivity contribution in [2.45, 2.75) is 31.8 Å². The summed E-state index contributed by atoms with van der Waals surface area (Å²) in [4.78, 5) is 0. The smallest absolute Gasteiger partial charge is 0.0809 e. The van der Waals surface area contributed by atoms with Crippen molar-refractivity contribution < 1.29 is 18.9 Å². The summed E-state index contributed by atoms with van der Waals surface area (Å²) in [6.07, 6.45) is 6.57. The second kappa shape index (κ2) is 11.7. The lowest BCUT2D eigenvalue weighted by molar-refractivity contribution is -0.0690. The van der Waals surface area contributed by atoms with Gasteiger partial charge in [-0.25, -0.2) is 0 Å². The van der Waals surface area contributed by atoms with Crippen LogP contribution in [0.3, 0.4) is 0 Å². The fraction of sp³-hybridized carbons (Fsp3) is 0.857. The van der Waals surface area contributed by atoms with Crippen LogP contribution in [-0.2, 0) is 18.9 Å². The van der Waals surface area contributed by atoms with E-state index in [-0.39, 0.29) is 6.10 Å². The molecule has 1 saturated heterocycles. The van der Waals surface area contributed by atoms with Gasteiger partial charge in [0.05, 0.1) is 52.4 Å². The van der Waals surface area contributed by atoms with E-state index in [0.29, 0.717) is 46.2 Å². The van der Waals surface area contributed by atoms with Gasteiger partial charge in [-0.15, -0.1) is 6.58 Å². The second-order valence-corrected chi connectivity index (χ2v) is 4.37. The molecular formula is C14H26O4. The Morgan fingerprint density at radius 2 is 1.56 bits per heavy atom. The van der Waals surface area contributed by atoms with Crippen molar-refractivity contribution in [2.24, 2.45) is 0 Å². The molecule has 18 heavy (non-hydrogen) atoms. The number of hydrogen-bond acceptors (Lipinski definition) is 4. The maximum absolute atomic E-state index is 5.78. The van der Waals surface area contributed by atoms with Gasteiger partial charge >= 0.3 is 0 Å². The molecule has 106 valence electrons. The van der Waals surface area contributed by atoms with E-state index in [1.54, 1.807) is 0 Å². The molecule has 0 N–H and O–H groups in total. The predicted molar refractivity (Wildman–Crippen MR) is 70.9 cm³/mol. The van der Waals surface area contributed by atoms with Crippen LogP contribution in [-0.4, -0.2) is 52.4 Å². The normalized spacial score (nSPS) is 23.9. The Morgan fingerprint density at radius 3 is 2.28 bits per heavy atom. The third-order valence-corrected chi connectivity index (χ3v) is 2.81. The van der Waals surface area contributed by atoms with Crippen molar-refractivity contribution in [1.29, 1.82) is 0 Å². The first-order valence-electron chi connectivity index (χ1n) is 6.89. The SMILES string of the molecule is C=CCCCCC1COCCOCCOCCO1. The topological polar surface area (TPSA) is 36.9 Å². The summed E-state index contributed by atoms with van der Waals surface area (Å²) in [5.74, 6) is 0. The zero-order chi connectivity index (χ0) is 12.9. The first-order chi connectivity index (χ1) is 8.93. The Labute approximate surface area is 110 Å². The quantitative estimate of drug-likeness (QED) is 0.559. The lowest BCUT2D eigenvalue weighted by Crippen LogP contribution is -2.24. The predicted octanol–water partition coefficient (Wildman–Crippen LogP) is 2.18. The molecule has 1 fully saturated rings. The van der Waals surface area contributed by atoms with Gasteiger partial charge in [0.1, 0.15) is 0 Å². The fourth-order valence-electron chi connectivity index (χ4n) is 1.80. The van der Waals surface area contributed by atoms with Crippen LogP contribution in [0.4, 0.5) is 0 Å². The molecule has 1 unspecified atom stereocenters. The molecule has 1 rings (SSSR count). The average molecular weight is 258 g/mol. The Balaban J connectivity index is 2.16. The summed E-state index contributed by atoms with van der Waals surface area (Å²) in [5.41, 5.74) is 0. The van der Waals surface area contributed by atoms with Crippen molar-refractivity contribution in [1.82, 2.24) is 0 Å². The molecule has 4 nitrogen and oxygen atoms in total. The van der Waals surface area contributed by atoms with E-state index in [9.17, 15) is 0 Å². The molecule has 0 bridgehead atoms. The van der Waals surface area contributed by atoms with Crippen molar-refractivity contribution in [3.63, 3.8) is 0 Å². The molecule has 0 amide bonds. The van der Waals surface area contributed by atoms with E-state index in [1.165, 1.54) is 6.42 Å². The van der Waals surface area contributed by atoms with Crippen LogP contribution in [0, 0.1) is 0 Å². The van der Waals surface area contributed by atoms with Crippen molar-refractivity contribution in [2.75, 3.05) is 46.2 Å². The minimum atomic E-state index is 0.179. The van der Waals surface area contributed by atoms with Crippen molar-refractivity contribution in [3.8, 4) is 0 Å². The minimum Gasteiger partial charge on any atom is -0.377 e. The Bertz CT molecular complexity index is 184. The maximum Gasteiger partial charge on any atom is 0.0809 e. The lowest BCUT2D eigenvalue weighted by atomic mass is 10.1. The minimum absolute atomic E-state index is 0.179. The van der Waals surface area contributed by atoms with Gasteiger partial charge in [0.2, 0.25) is 0 Å². The Kier molecular flexibility index (Phi) is 10.1. The molecule has 0 radical (unpaired) electrons. The molecule has 1 heterocycles. The highest BCUT2D eigenvalue weighted by atomic mass is 16.6. The van der Waals surface area contributed by atoms with Crippen molar-refractivity contribution in [3.05, 3.63) is 12.7 Å². The first-order valence-corrected chi connectivity index (χ1v) is 6.89. The fourth-order valence-corrected chi connectivity index (χ4v) is 1.80. The summed E-state index contributed by atoms with van der Waals surface area (Å²) in [6, 6.07) is 0. The van der Waals surface area contributed by atoms with Crippen LogP contribution in [0.5, 0.6) is 0 Å². The van der Waals surface area contributed by atoms with E-state index in [4.69, 9.17) is 18.9 Å². The molecule has 1 atom stereocenters. The Hall–Kier alpha value is -0.420. The molecule has 0 aromatic heterocycles. The molecule has 0 aromatic rings. The van der Waals surface area contributed by atoms with Crippen LogP contribution >= 0.6 is 0 Å². The third kappa shape index (κ3) is 8.64. The number of allylic oxidation sites excluding steroid dienone is 1. The van der Waals surface area contributed by atoms with Gasteiger partial charge in [0, 0.05) is 0 Å². The van der Waals surface area contributed by atoms with Gasteiger partial charge in [-0.05, 0) is 19.3 Å². The summed E-state index contributed by atoms with van der Waals surface area (Å²) in [7, 11) is 0. The van der Waals surface area contributed by atoms with Crippen LogP contribution in [0.2, 0.25) is 0 Å². The van der Waals surface area contributed by atoms with Crippen LogP contribution in [0.1, 0.15) is 25.7 Å². The van der Waals surface area contributed by atoms with Crippen LogP contribution in [0.15, 0.2) is 12.7 Å². The monoisotopic (exact) mass is 258 g/mol. The summed E-state index contributed by atoms with van der Waals surface area (Å²) < 4.78 is 22.1. The zero-order valence-corrected chi connectivity index (χ0v) is 11.3. The first kappa shape index (κ1) is 15.6. The van der Waals surface area contributed by atoms with E-state index >= 15 is 0 Å². The molecule has 4 heteroatoms. The second-order valence-electron chi connectivity index (χ2n) is 4.37. The standard InChI is InChI=1S/C14H26O4/c1-2-3-4-5-6-14-13-17-10-9-15-7-8-16-11-12-18-14/h2,14H,1,3-13H2. The Morgan fingerprint density at radius 1 is 0.889 bits per heavy atom. The van der Waals surface area contributed by atoms with Gasteiger partial charge in [-0.1, -0.05) is 12.5 Å². The summed E-state index contributed by atoms with van der Waals surface area (Å²) >= 11 is 0. The number of unbranched alkanes of at least 4 members (excludes halogenated alkanes) is 2. The van der Waals surface area contributed by atoms with E-state index in [1.807, 2.05) is 6.08 Å². The number of rotatable bonds is 5. The summed E-state index contributed by atoms with van der Waals surface area (Å²) in [5, 5.41) is 0. The maximum atomic E-state index is 5.78. The number of hydrogen-bond donors (Lipinski definition) is 0. The van der Waals surface area contributed by atoms with Gasteiger partial charge < -0.3 is 18.9 Å². The molecule has 0 aliphatic carbocycles. The highest BCUT2D eigenvalue weighted by Crippen LogP contribution is 2.08. The van der Waals surface area contributed by atoms with E-state index in [2.05, 4.69) is 6.58 Å². The van der Waals surface area contributed by atoms with Gasteiger partial charge in [0.15, 0.2) is 0 Å². The van der Waals surface area contributed by atoms with Crippen LogP contribution < -0.4 is 0 Å². The van der Waals surface area contributed by atoms with E-state index < -0.39 is 0 Å². The molecule has 1 aliphatic heterocycles. The van der Waals surface area contributed by atoms with E-state index in [0.717, 1.165) is 19.3 Å². The van der Waals surface area contributed by atoms with Gasteiger partial charge in [-0.3, -0.25) is 0 Å². The largest absolute Gasteiger partial charge is 0.377 e. The zero-order valence-electron chi connectivity index (χ0n) is 11.3. The molecule has 1 aliphatic rings. The van der Waals surface area contributed by atoms with Gasteiger partial charge in [-0.2, -0.15) is 0 Å². The highest BCUT2D eigenvalue weighted by molar-refractivity contribution is 4.67. The average Bonchev–Trinajstić information content (AvgIpc) is 2.37. The van der Waals surface area contributed by atoms with Crippen LogP contribution in [0.25, 0.3) is 0 Å². The molecule has 0 saturated carbocycles. The number of ether oxygens (including phenoxy) is 4. The molecular weight excluding hydrogens is 232 g/mol. The van der Waals surface area contributed by atoms with Gasteiger partial charge in [0.25, 0.3) is 0 Å². The molecule has 0 aromatic carbocycles. The summed E-state index contributed by atoms with van der Waals surface area (Å²) in [6.45, 7) is 8.17. The highest BCUT2D eigenvalue weighted by Gasteiger charge is 2.09. The molecule has 0 spiro atoms. The third-order valence-electron chi connectivity index (χ3n) is 2.81. The van der Waals surface area contributed by atoms with Crippen molar-refractivity contribution >= 4 is 0 Å².